The summed E-state index contributed by atoms with van der Waals surface area (Å²) in [5, 5.41) is 8.93. The van der Waals surface area contributed by atoms with Crippen LogP contribution >= 0.6 is 0 Å². The van der Waals surface area contributed by atoms with E-state index >= 15 is 0 Å². The molecule has 5 heteroatoms. The molecule has 2 saturated heterocycles. The number of carbonyl (C=O) groups excluding carboxylic acids is 1. The van der Waals surface area contributed by atoms with Gasteiger partial charge < -0.3 is 10.0 Å². The Morgan fingerprint density at radius 1 is 1.07 bits per heavy atom. The second kappa shape index (κ2) is 4.08. The summed E-state index contributed by atoms with van der Waals surface area (Å²) < 4.78 is 0. The van der Waals surface area contributed by atoms with E-state index in [0.717, 1.165) is 32.4 Å². The molecule has 2 rings (SSSR count). The first-order valence-electron chi connectivity index (χ1n) is 5.48. The molecule has 2 aliphatic heterocycles. The van der Waals surface area contributed by atoms with Gasteiger partial charge in [-0.2, -0.15) is 0 Å². The quantitative estimate of drug-likeness (QED) is 0.697. The molecular formula is C10H16N2O3. The van der Waals surface area contributed by atoms with E-state index in [1.165, 1.54) is 4.90 Å². The van der Waals surface area contributed by atoms with Gasteiger partial charge in [-0.15, -0.1) is 0 Å². The van der Waals surface area contributed by atoms with Gasteiger partial charge in [0.15, 0.2) is 0 Å². The number of amides is 2. The van der Waals surface area contributed by atoms with Crippen LogP contribution in [0.15, 0.2) is 0 Å². The smallest absolute Gasteiger partial charge is 0.407 e. The molecule has 0 radical (unpaired) electrons. The van der Waals surface area contributed by atoms with Crippen LogP contribution in [0.4, 0.5) is 4.79 Å². The van der Waals surface area contributed by atoms with E-state index in [9.17, 15) is 9.59 Å². The lowest BCUT2D eigenvalue weighted by molar-refractivity contribution is -0.134. The van der Waals surface area contributed by atoms with Crippen LogP contribution < -0.4 is 0 Å². The lowest BCUT2D eigenvalue weighted by atomic mass is 10.2. The summed E-state index contributed by atoms with van der Waals surface area (Å²) in [6, 6.07) is -0.416. The van der Waals surface area contributed by atoms with Gasteiger partial charge in [0.25, 0.3) is 0 Å². The highest BCUT2D eigenvalue weighted by Crippen LogP contribution is 2.21. The average Bonchev–Trinajstić information content (AvgIpc) is 2.88. The summed E-state index contributed by atoms with van der Waals surface area (Å²) in [6.45, 7) is 2.09. The minimum absolute atomic E-state index is 0.00685. The third kappa shape index (κ3) is 1.91. The van der Waals surface area contributed by atoms with Crippen LogP contribution in [0.25, 0.3) is 0 Å². The fourth-order valence-corrected chi connectivity index (χ4v) is 2.40. The van der Waals surface area contributed by atoms with Gasteiger partial charge in [-0.05, 0) is 25.7 Å². The van der Waals surface area contributed by atoms with Crippen molar-refractivity contribution in [1.29, 1.82) is 0 Å². The Bertz CT molecular complexity index is 274. The van der Waals surface area contributed by atoms with Gasteiger partial charge in [-0.1, -0.05) is 0 Å². The van der Waals surface area contributed by atoms with E-state index in [1.54, 1.807) is 4.90 Å². The van der Waals surface area contributed by atoms with Crippen molar-refractivity contribution in [3.05, 3.63) is 0 Å². The highest BCUT2D eigenvalue weighted by Gasteiger charge is 2.36. The molecule has 5 nitrogen and oxygen atoms in total. The molecule has 0 aromatic rings. The second-order valence-electron chi connectivity index (χ2n) is 4.17. The van der Waals surface area contributed by atoms with Crippen molar-refractivity contribution in [3.8, 4) is 0 Å². The van der Waals surface area contributed by atoms with E-state index in [-0.39, 0.29) is 5.91 Å². The van der Waals surface area contributed by atoms with E-state index in [1.807, 2.05) is 0 Å². The molecule has 84 valence electrons. The van der Waals surface area contributed by atoms with Crippen molar-refractivity contribution in [1.82, 2.24) is 9.80 Å². The molecule has 2 aliphatic rings. The van der Waals surface area contributed by atoms with E-state index < -0.39 is 12.1 Å². The molecule has 2 amide bonds. The standard InChI is InChI=1S/C10H16N2O3/c13-9(11-5-1-2-6-11)8-4-3-7-12(8)10(14)15/h8H,1-7H2,(H,14,15)/t8-/m0/s1. The minimum atomic E-state index is -0.968. The van der Waals surface area contributed by atoms with Crippen molar-refractivity contribution in [2.24, 2.45) is 0 Å². The number of carbonyl (C=O) groups is 2. The van der Waals surface area contributed by atoms with Gasteiger partial charge in [0.2, 0.25) is 5.91 Å². The summed E-state index contributed by atoms with van der Waals surface area (Å²) in [4.78, 5) is 25.9. The fraction of sp³-hybridized carbons (Fsp3) is 0.800. The summed E-state index contributed by atoms with van der Waals surface area (Å²) in [6.07, 6.45) is 2.61. The predicted molar refractivity (Wildman–Crippen MR) is 53.6 cm³/mol. The predicted octanol–water partition coefficient (Wildman–Crippen LogP) is 0.751. The van der Waals surface area contributed by atoms with Crippen molar-refractivity contribution in [3.63, 3.8) is 0 Å². The number of hydrogen-bond donors (Lipinski definition) is 1. The van der Waals surface area contributed by atoms with Gasteiger partial charge in [0.05, 0.1) is 0 Å². The van der Waals surface area contributed by atoms with Crippen LogP contribution in [0, 0.1) is 0 Å². The van der Waals surface area contributed by atoms with Crippen molar-refractivity contribution in [2.45, 2.75) is 31.7 Å². The highest BCUT2D eigenvalue weighted by atomic mass is 16.4. The Labute approximate surface area is 88.6 Å². The molecule has 1 N–H and O–H groups in total. The first kappa shape index (κ1) is 10.3. The maximum Gasteiger partial charge on any atom is 0.407 e. The molecular weight excluding hydrogens is 196 g/mol. The van der Waals surface area contributed by atoms with Gasteiger partial charge in [-0.3, -0.25) is 9.69 Å². The number of likely N-dealkylation sites (tertiary alicyclic amines) is 2. The van der Waals surface area contributed by atoms with Crippen molar-refractivity contribution < 1.29 is 14.7 Å². The molecule has 15 heavy (non-hydrogen) atoms. The van der Waals surface area contributed by atoms with E-state index in [2.05, 4.69) is 0 Å². The van der Waals surface area contributed by atoms with Crippen LogP contribution in [0.1, 0.15) is 25.7 Å². The van der Waals surface area contributed by atoms with Gasteiger partial charge in [0.1, 0.15) is 6.04 Å². The van der Waals surface area contributed by atoms with Gasteiger partial charge in [-0.25, -0.2) is 4.79 Å². The lowest BCUT2D eigenvalue weighted by Gasteiger charge is -2.25. The minimum Gasteiger partial charge on any atom is -0.465 e. The van der Waals surface area contributed by atoms with Gasteiger partial charge in [0, 0.05) is 19.6 Å². The summed E-state index contributed by atoms with van der Waals surface area (Å²) in [5.74, 6) is 0.00685. The summed E-state index contributed by atoms with van der Waals surface area (Å²) >= 11 is 0. The number of nitrogens with zero attached hydrogens (tertiary/aromatic N) is 2. The molecule has 0 bridgehead atoms. The SMILES string of the molecule is O=C([C@@H]1CCCN1C(=O)O)N1CCCC1. The molecule has 0 aromatic heterocycles. The second-order valence-corrected chi connectivity index (χ2v) is 4.17. The maximum atomic E-state index is 12.0. The molecule has 0 saturated carbocycles. The maximum absolute atomic E-state index is 12.0. The van der Waals surface area contributed by atoms with Crippen molar-refractivity contribution >= 4 is 12.0 Å². The average molecular weight is 212 g/mol. The molecule has 0 aliphatic carbocycles. The third-order valence-corrected chi connectivity index (χ3v) is 3.20. The molecule has 1 atom stereocenters. The normalized spacial score (nSPS) is 26.0. The number of hydrogen-bond acceptors (Lipinski definition) is 2. The van der Waals surface area contributed by atoms with Crippen LogP contribution in [-0.2, 0) is 4.79 Å². The molecule has 0 aromatic carbocycles. The lowest BCUT2D eigenvalue weighted by Crippen LogP contribution is -2.46. The van der Waals surface area contributed by atoms with Crippen LogP contribution in [0.2, 0.25) is 0 Å². The summed E-state index contributed by atoms with van der Waals surface area (Å²) in [7, 11) is 0. The first-order valence-corrected chi connectivity index (χ1v) is 5.48. The molecule has 0 spiro atoms. The molecule has 2 heterocycles. The van der Waals surface area contributed by atoms with Crippen LogP contribution in [-0.4, -0.2) is 52.6 Å². The number of carboxylic acid groups (broad SMARTS) is 1. The fourth-order valence-electron chi connectivity index (χ4n) is 2.40. The Balaban J connectivity index is 2.02. The monoisotopic (exact) mass is 212 g/mol. The zero-order valence-corrected chi connectivity index (χ0v) is 8.69. The molecule has 2 fully saturated rings. The Morgan fingerprint density at radius 2 is 1.73 bits per heavy atom. The number of rotatable bonds is 1. The van der Waals surface area contributed by atoms with Gasteiger partial charge >= 0.3 is 6.09 Å². The third-order valence-electron chi connectivity index (χ3n) is 3.20. The largest absolute Gasteiger partial charge is 0.465 e. The van der Waals surface area contributed by atoms with Crippen molar-refractivity contribution in [2.75, 3.05) is 19.6 Å². The highest BCUT2D eigenvalue weighted by molar-refractivity contribution is 5.86. The van der Waals surface area contributed by atoms with Crippen LogP contribution in [0.5, 0.6) is 0 Å². The zero-order chi connectivity index (χ0) is 10.8. The van der Waals surface area contributed by atoms with E-state index in [4.69, 9.17) is 5.11 Å². The topological polar surface area (TPSA) is 60.9 Å². The molecule has 0 unspecified atom stereocenters. The Hall–Kier alpha value is -1.26. The van der Waals surface area contributed by atoms with E-state index in [0.29, 0.717) is 13.0 Å². The Morgan fingerprint density at radius 3 is 2.33 bits per heavy atom. The summed E-state index contributed by atoms with van der Waals surface area (Å²) in [5.41, 5.74) is 0. The first-order chi connectivity index (χ1) is 7.20. The Kier molecular flexibility index (Phi) is 2.79. The van der Waals surface area contributed by atoms with Crippen LogP contribution in [0.3, 0.4) is 0 Å². The zero-order valence-electron chi connectivity index (χ0n) is 8.69.